The first kappa shape index (κ1) is 30.6. The van der Waals surface area contributed by atoms with Crippen molar-refractivity contribution in [2.24, 2.45) is 0 Å². The van der Waals surface area contributed by atoms with E-state index in [1.807, 2.05) is 0 Å². The second-order valence-electron chi connectivity index (χ2n) is 8.53. The average molecular weight is 574 g/mol. The van der Waals surface area contributed by atoms with Crippen molar-refractivity contribution < 1.29 is 57.3 Å². The summed E-state index contributed by atoms with van der Waals surface area (Å²) in [7, 11) is 1.40. The summed E-state index contributed by atoms with van der Waals surface area (Å²) in [6, 6.07) is 9.69. The Bertz CT molecular complexity index is 1320. The van der Waals surface area contributed by atoms with Crippen LogP contribution in [0.4, 0.5) is 5.69 Å². The lowest BCUT2D eigenvalue weighted by Gasteiger charge is -2.23. The van der Waals surface area contributed by atoms with Crippen molar-refractivity contribution in [2.45, 2.75) is 45.4 Å². The minimum absolute atomic E-state index is 0.148. The van der Waals surface area contributed by atoms with Crippen LogP contribution in [-0.2, 0) is 38.1 Å². The maximum Gasteiger partial charge on any atom is 0.330 e. The number of carbonyl (C=O) groups is 4. The van der Waals surface area contributed by atoms with E-state index in [1.54, 1.807) is 12.1 Å². The number of nitro benzene ring substituents is 1. The number of methoxy groups -OCH3 is 1. The van der Waals surface area contributed by atoms with E-state index in [-0.39, 0.29) is 22.9 Å². The Hall–Kier alpha value is -4.98. The van der Waals surface area contributed by atoms with E-state index in [2.05, 4.69) is 0 Å². The third-order valence-electron chi connectivity index (χ3n) is 5.41. The largest absolute Gasteiger partial charge is 0.493 e. The summed E-state index contributed by atoms with van der Waals surface area (Å²) in [6.45, 7) is 3.12. The average Bonchev–Trinajstić information content (AvgIpc) is 3.21. The number of benzene rings is 2. The number of non-ortho nitro benzene ring substituents is 1. The van der Waals surface area contributed by atoms with Gasteiger partial charge in [0.1, 0.15) is 18.5 Å². The van der Waals surface area contributed by atoms with Crippen molar-refractivity contribution in [3.8, 4) is 17.2 Å². The lowest BCUT2D eigenvalue weighted by atomic mass is 10.1. The van der Waals surface area contributed by atoms with Crippen LogP contribution in [0.2, 0.25) is 0 Å². The van der Waals surface area contributed by atoms with Crippen LogP contribution in [0.3, 0.4) is 0 Å². The molecule has 2 aromatic carbocycles. The van der Waals surface area contributed by atoms with Crippen molar-refractivity contribution in [1.29, 1.82) is 0 Å². The molecule has 1 saturated heterocycles. The molecule has 0 radical (unpaired) electrons. The van der Waals surface area contributed by atoms with Gasteiger partial charge in [-0.1, -0.05) is 6.07 Å². The SMILES string of the molecule is COc1cc(/C=C/C(=O)OC[C@@H]2O[C@@H](Oc3ccc([N+](=O)[O-])cc3)[C@H](OC(C)=O)[C@H]2OC(C)=O)ccc1OC(C)=O. The third-order valence-corrected chi connectivity index (χ3v) is 5.41. The molecule has 0 amide bonds. The van der Waals surface area contributed by atoms with Gasteiger partial charge in [-0.2, -0.15) is 0 Å². The summed E-state index contributed by atoms with van der Waals surface area (Å²) < 4.78 is 37.6. The van der Waals surface area contributed by atoms with E-state index in [0.29, 0.717) is 5.56 Å². The molecule has 0 unspecified atom stereocenters. The fourth-order valence-corrected chi connectivity index (χ4v) is 3.76. The summed E-state index contributed by atoms with van der Waals surface area (Å²) in [5, 5.41) is 10.9. The van der Waals surface area contributed by atoms with Crippen LogP contribution in [0, 0.1) is 10.1 Å². The predicted octanol–water partition coefficient (Wildman–Crippen LogP) is 2.75. The van der Waals surface area contributed by atoms with Gasteiger partial charge in [0, 0.05) is 39.0 Å². The van der Waals surface area contributed by atoms with Gasteiger partial charge in [0.25, 0.3) is 5.69 Å². The molecule has 41 heavy (non-hydrogen) atoms. The first-order valence-electron chi connectivity index (χ1n) is 12.1. The summed E-state index contributed by atoms with van der Waals surface area (Å²) in [5.41, 5.74) is 0.367. The monoisotopic (exact) mass is 573 g/mol. The van der Waals surface area contributed by atoms with E-state index in [4.69, 9.17) is 33.2 Å². The maximum absolute atomic E-state index is 12.4. The summed E-state index contributed by atoms with van der Waals surface area (Å²) >= 11 is 0. The predicted molar refractivity (Wildman–Crippen MR) is 138 cm³/mol. The molecule has 0 aliphatic carbocycles. The molecule has 4 atom stereocenters. The van der Waals surface area contributed by atoms with Crippen molar-refractivity contribution in [2.75, 3.05) is 13.7 Å². The normalized spacial score (nSPS) is 19.7. The molecular weight excluding hydrogens is 546 g/mol. The summed E-state index contributed by atoms with van der Waals surface area (Å²) in [4.78, 5) is 57.6. The number of hydrogen-bond acceptors (Lipinski definition) is 13. The van der Waals surface area contributed by atoms with Gasteiger partial charge in [0.05, 0.1) is 12.0 Å². The fraction of sp³-hybridized carbons (Fsp3) is 0.333. The molecule has 14 heteroatoms. The number of carbonyl (C=O) groups excluding carboxylic acids is 4. The molecule has 2 aromatic rings. The van der Waals surface area contributed by atoms with Crippen LogP contribution in [-0.4, -0.2) is 67.1 Å². The first-order chi connectivity index (χ1) is 19.5. The van der Waals surface area contributed by atoms with E-state index >= 15 is 0 Å². The summed E-state index contributed by atoms with van der Waals surface area (Å²) in [5.74, 6) is -2.10. The molecule has 1 aliphatic rings. The molecule has 1 heterocycles. The van der Waals surface area contributed by atoms with Crippen LogP contribution in [0.5, 0.6) is 17.2 Å². The Labute approximate surface area is 233 Å². The van der Waals surface area contributed by atoms with Gasteiger partial charge in [0.2, 0.25) is 12.4 Å². The number of esters is 4. The van der Waals surface area contributed by atoms with E-state index in [0.717, 1.165) is 19.9 Å². The Morgan fingerprint density at radius 2 is 1.59 bits per heavy atom. The quantitative estimate of drug-likeness (QED) is 0.0958. The van der Waals surface area contributed by atoms with Crippen LogP contribution in [0.1, 0.15) is 26.3 Å². The van der Waals surface area contributed by atoms with Crippen LogP contribution >= 0.6 is 0 Å². The topological polar surface area (TPSA) is 176 Å². The highest BCUT2D eigenvalue weighted by Crippen LogP contribution is 2.31. The lowest BCUT2D eigenvalue weighted by Crippen LogP contribution is -2.42. The zero-order valence-electron chi connectivity index (χ0n) is 22.5. The van der Waals surface area contributed by atoms with E-state index < -0.39 is 60.0 Å². The van der Waals surface area contributed by atoms with Crippen molar-refractivity contribution in [3.63, 3.8) is 0 Å². The number of hydrogen-bond donors (Lipinski definition) is 0. The first-order valence-corrected chi connectivity index (χ1v) is 12.1. The molecule has 218 valence electrons. The second kappa shape index (κ2) is 13.9. The van der Waals surface area contributed by atoms with Gasteiger partial charge in [-0.05, 0) is 35.9 Å². The smallest absolute Gasteiger partial charge is 0.330 e. The van der Waals surface area contributed by atoms with Crippen molar-refractivity contribution >= 4 is 35.6 Å². The number of rotatable bonds is 11. The number of ether oxygens (including phenoxy) is 7. The number of nitrogens with zero attached hydrogens (tertiary/aromatic N) is 1. The number of nitro groups is 1. The Balaban J connectivity index is 1.71. The molecule has 0 saturated carbocycles. The molecular formula is C27H27NO13. The van der Waals surface area contributed by atoms with E-state index in [9.17, 15) is 29.3 Å². The zero-order valence-corrected chi connectivity index (χ0v) is 22.5. The molecule has 1 fully saturated rings. The highest BCUT2D eigenvalue weighted by Gasteiger charge is 2.51. The third kappa shape index (κ3) is 8.76. The highest BCUT2D eigenvalue weighted by atomic mass is 16.7. The fourth-order valence-electron chi connectivity index (χ4n) is 3.76. The van der Waals surface area contributed by atoms with Gasteiger partial charge in [-0.3, -0.25) is 24.5 Å². The molecule has 14 nitrogen and oxygen atoms in total. The minimum atomic E-state index is -1.30. The Kier molecular flexibility index (Phi) is 10.4. The van der Waals surface area contributed by atoms with E-state index in [1.165, 1.54) is 50.4 Å². The maximum atomic E-state index is 12.4. The van der Waals surface area contributed by atoms with Crippen LogP contribution in [0.15, 0.2) is 48.5 Å². The Morgan fingerprint density at radius 1 is 0.927 bits per heavy atom. The van der Waals surface area contributed by atoms with Crippen molar-refractivity contribution in [3.05, 3.63) is 64.2 Å². The molecule has 0 bridgehead atoms. The zero-order chi connectivity index (χ0) is 30.1. The van der Waals surface area contributed by atoms with Gasteiger partial charge >= 0.3 is 23.9 Å². The molecule has 0 spiro atoms. The minimum Gasteiger partial charge on any atom is -0.493 e. The highest BCUT2D eigenvalue weighted by molar-refractivity contribution is 5.87. The standard InChI is InChI=1S/C27H27NO13/c1-15(29)37-21-11-5-18(13-22(21)35-4)6-12-24(32)36-14-23-25(38-16(2)30)26(39-17(3)31)27(41-23)40-20-9-7-19(8-10-20)28(33)34/h5-13,23,25-27H,14H2,1-4H3/b12-6+/t23-,25-,26+,27+/m0/s1. The summed E-state index contributed by atoms with van der Waals surface area (Å²) in [6.07, 6.45) is -2.27. The van der Waals surface area contributed by atoms with Gasteiger partial charge in [-0.25, -0.2) is 4.79 Å². The molecule has 1 aliphatic heterocycles. The van der Waals surface area contributed by atoms with Crippen LogP contribution in [0.25, 0.3) is 6.08 Å². The Morgan fingerprint density at radius 3 is 2.17 bits per heavy atom. The molecule has 0 N–H and O–H groups in total. The van der Waals surface area contributed by atoms with Crippen molar-refractivity contribution in [1.82, 2.24) is 0 Å². The van der Waals surface area contributed by atoms with Gasteiger partial charge < -0.3 is 33.2 Å². The molecule has 3 rings (SSSR count). The van der Waals surface area contributed by atoms with Gasteiger partial charge in [0.15, 0.2) is 17.6 Å². The van der Waals surface area contributed by atoms with Gasteiger partial charge in [-0.15, -0.1) is 0 Å². The second-order valence-corrected chi connectivity index (χ2v) is 8.53. The molecule has 0 aromatic heterocycles. The lowest BCUT2D eigenvalue weighted by molar-refractivity contribution is -0.384. The van der Waals surface area contributed by atoms with Crippen LogP contribution < -0.4 is 14.2 Å².